The van der Waals surface area contributed by atoms with Crippen molar-refractivity contribution in [2.24, 2.45) is 0 Å². The molecule has 138 valence electrons. The van der Waals surface area contributed by atoms with Crippen LogP contribution in [0.25, 0.3) is 11.3 Å². The third kappa shape index (κ3) is 4.01. The van der Waals surface area contributed by atoms with Crippen molar-refractivity contribution in [1.29, 1.82) is 0 Å². The van der Waals surface area contributed by atoms with Crippen LogP contribution in [0.4, 0.5) is 0 Å². The van der Waals surface area contributed by atoms with Crippen molar-refractivity contribution >= 4 is 17.7 Å². The summed E-state index contributed by atoms with van der Waals surface area (Å²) in [6.45, 7) is 0. The smallest absolute Gasteiger partial charge is 0.230 e. The number of thioether (sulfide) groups is 1. The molecule has 1 heterocycles. The fourth-order valence-corrected chi connectivity index (χ4v) is 4.21. The van der Waals surface area contributed by atoms with E-state index >= 15 is 0 Å². The van der Waals surface area contributed by atoms with E-state index in [-0.39, 0.29) is 11.9 Å². The van der Waals surface area contributed by atoms with Crippen molar-refractivity contribution in [3.63, 3.8) is 0 Å². The first-order valence-electron chi connectivity index (χ1n) is 9.10. The number of hydrogen-bond donors (Lipinski definition) is 2. The van der Waals surface area contributed by atoms with E-state index in [2.05, 4.69) is 28.5 Å². The normalized spacial score (nSPS) is 15.9. The van der Waals surface area contributed by atoms with Crippen molar-refractivity contribution in [2.45, 2.75) is 30.5 Å². The standard InChI is InChI=1S/C21H22N4OS/c22-25-13-19(16-8-2-1-3-9-16)24-21(25)27-14-20(26)23-18-12-6-10-15-7-4-5-11-17(15)18/h1-5,7-9,11,13,18H,6,10,12,14,22H2,(H,23,26)/t18-/m0/s1. The second-order valence-electron chi connectivity index (χ2n) is 6.68. The highest BCUT2D eigenvalue weighted by Gasteiger charge is 2.21. The van der Waals surface area contributed by atoms with Gasteiger partial charge in [-0.25, -0.2) is 9.66 Å². The van der Waals surface area contributed by atoms with Crippen LogP contribution in [0.15, 0.2) is 66.0 Å². The second-order valence-corrected chi connectivity index (χ2v) is 7.62. The monoisotopic (exact) mass is 378 g/mol. The van der Waals surface area contributed by atoms with Gasteiger partial charge in [-0.15, -0.1) is 0 Å². The van der Waals surface area contributed by atoms with Gasteiger partial charge in [0.2, 0.25) is 5.91 Å². The van der Waals surface area contributed by atoms with Gasteiger partial charge in [-0.1, -0.05) is 66.4 Å². The molecule has 6 heteroatoms. The Hall–Kier alpha value is -2.73. The van der Waals surface area contributed by atoms with Crippen LogP contribution in [0.2, 0.25) is 0 Å². The molecule has 1 aromatic heterocycles. The number of aryl methyl sites for hydroxylation is 1. The van der Waals surface area contributed by atoms with Crippen LogP contribution in [0, 0.1) is 0 Å². The lowest BCUT2D eigenvalue weighted by molar-refractivity contribution is -0.119. The predicted molar refractivity (Wildman–Crippen MR) is 109 cm³/mol. The van der Waals surface area contributed by atoms with Crippen molar-refractivity contribution in [1.82, 2.24) is 15.0 Å². The van der Waals surface area contributed by atoms with Crippen molar-refractivity contribution < 1.29 is 4.79 Å². The second kappa shape index (κ2) is 7.88. The zero-order valence-corrected chi connectivity index (χ0v) is 15.8. The largest absolute Gasteiger partial charge is 0.349 e. The van der Waals surface area contributed by atoms with E-state index in [9.17, 15) is 4.79 Å². The number of benzene rings is 2. The SMILES string of the molecule is Nn1cc(-c2ccccc2)nc1SCC(=O)N[C@H]1CCCc2ccccc21. The van der Waals surface area contributed by atoms with Crippen LogP contribution in [-0.4, -0.2) is 21.3 Å². The number of nitrogens with two attached hydrogens (primary N) is 1. The van der Waals surface area contributed by atoms with Crippen LogP contribution in [-0.2, 0) is 11.2 Å². The molecule has 0 unspecified atom stereocenters. The molecule has 1 aliphatic rings. The summed E-state index contributed by atoms with van der Waals surface area (Å²) in [5, 5.41) is 3.80. The Morgan fingerprint density at radius 2 is 1.96 bits per heavy atom. The molecule has 0 saturated heterocycles. The van der Waals surface area contributed by atoms with Gasteiger partial charge in [0.15, 0.2) is 5.16 Å². The number of hydrogen-bond acceptors (Lipinski definition) is 4. The molecule has 1 atom stereocenters. The number of aromatic nitrogens is 2. The number of rotatable bonds is 5. The molecule has 0 fully saturated rings. The number of nitrogens with zero attached hydrogens (tertiary/aromatic N) is 2. The maximum absolute atomic E-state index is 12.5. The van der Waals surface area contributed by atoms with E-state index in [1.165, 1.54) is 27.6 Å². The lowest BCUT2D eigenvalue weighted by atomic mass is 9.88. The van der Waals surface area contributed by atoms with Gasteiger partial charge in [0.05, 0.1) is 23.7 Å². The average molecular weight is 379 g/mol. The Labute approximate surface area is 163 Å². The molecular formula is C21H22N4OS. The van der Waals surface area contributed by atoms with E-state index in [0.717, 1.165) is 30.5 Å². The fourth-order valence-electron chi connectivity index (χ4n) is 3.50. The number of imidazole rings is 1. The predicted octanol–water partition coefficient (Wildman–Crippen LogP) is 3.55. The van der Waals surface area contributed by atoms with Crippen molar-refractivity contribution in [2.75, 3.05) is 11.6 Å². The van der Waals surface area contributed by atoms with Gasteiger partial charge in [-0.2, -0.15) is 0 Å². The van der Waals surface area contributed by atoms with Gasteiger partial charge in [0.1, 0.15) is 0 Å². The minimum atomic E-state index is 0.00552. The molecule has 3 N–H and O–H groups in total. The van der Waals surface area contributed by atoms with E-state index in [4.69, 9.17) is 5.84 Å². The zero-order valence-electron chi connectivity index (χ0n) is 15.0. The average Bonchev–Trinajstić information content (AvgIpc) is 3.08. The maximum atomic E-state index is 12.5. The van der Waals surface area contributed by atoms with E-state index < -0.39 is 0 Å². The topological polar surface area (TPSA) is 72.9 Å². The Balaban J connectivity index is 1.39. The number of carbonyl (C=O) groups is 1. The maximum Gasteiger partial charge on any atom is 0.230 e. The van der Waals surface area contributed by atoms with Crippen LogP contribution in [0.3, 0.4) is 0 Å². The van der Waals surface area contributed by atoms with Crippen molar-refractivity contribution in [3.8, 4) is 11.3 Å². The number of carbonyl (C=O) groups excluding carboxylic acids is 1. The summed E-state index contributed by atoms with van der Waals surface area (Å²) in [7, 11) is 0. The van der Waals surface area contributed by atoms with Crippen molar-refractivity contribution in [3.05, 3.63) is 71.9 Å². The van der Waals surface area contributed by atoms with Crippen LogP contribution < -0.4 is 11.2 Å². The van der Waals surface area contributed by atoms with E-state index in [1.54, 1.807) is 6.20 Å². The Bertz CT molecular complexity index is 938. The molecule has 0 saturated carbocycles. The van der Waals surface area contributed by atoms with Gasteiger partial charge >= 0.3 is 0 Å². The van der Waals surface area contributed by atoms with Gasteiger partial charge in [-0.05, 0) is 30.4 Å². The number of fused-ring (bicyclic) bond motifs is 1. The third-order valence-corrected chi connectivity index (χ3v) is 5.77. The molecule has 3 aromatic rings. The molecule has 0 radical (unpaired) electrons. The number of nitrogen functional groups attached to an aromatic ring is 1. The lowest BCUT2D eigenvalue weighted by Gasteiger charge is -2.26. The van der Waals surface area contributed by atoms with Gasteiger partial charge in [-0.3, -0.25) is 4.79 Å². The first-order chi connectivity index (χ1) is 13.2. The molecule has 27 heavy (non-hydrogen) atoms. The number of amides is 1. The molecule has 0 bridgehead atoms. The summed E-state index contributed by atoms with van der Waals surface area (Å²) < 4.78 is 1.48. The summed E-state index contributed by atoms with van der Waals surface area (Å²) >= 11 is 1.36. The lowest BCUT2D eigenvalue weighted by Crippen LogP contribution is -2.32. The molecular weight excluding hydrogens is 356 g/mol. The summed E-state index contributed by atoms with van der Waals surface area (Å²) in [6, 6.07) is 18.3. The van der Waals surface area contributed by atoms with Crippen LogP contribution in [0.5, 0.6) is 0 Å². The number of nitrogens with one attached hydrogen (secondary N) is 1. The third-order valence-electron chi connectivity index (χ3n) is 4.80. The zero-order chi connectivity index (χ0) is 18.6. The highest BCUT2D eigenvalue weighted by Crippen LogP contribution is 2.29. The quantitative estimate of drug-likeness (QED) is 0.526. The molecule has 1 aliphatic carbocycles. The van der Waals surface area contributed by atoms with Crippen LogP contribution >= 0.6 is 11.8 Å². The minimum Gasteiger partial charge on any atom is -0.349 e. The first kappa shape index (κ1) is 17.7. The Morgan fingerprint density at radius 1 is 1.19 bits per heavy atom. The molecule has 2 aromatic carbocycles. The molecule has 4 rings (SSSR count). The highest BCUT2D eigenvalue weighted by molar-refractivity contribution is 7.99. The van der Waals surface area contributed by atoms with Crippen LogP contribution in [0.1, 0.15) is 30.0 Å². The van der Waals surface area contributed by atoms with Gasteiger partial charge < -0.3 is 11.2 Å². The van der Waals surface area contributed by atoms with E-state index in [0.29, 0.717) is 10.9 Å². The van der Waals surface area contributed by atoms with Gasteiger partial charge in [0, 0.05) is 5.56 Å². The summed E-state index contributed by atoms with van der Waals surface area (Å²) in [5.74, 6) is 6.31. The highest BCUT2D eigenvalue weighted by atomic mass is 32.2. The molecule has 5 nitrogen and oxygen atoms in total. The molecule has 0 aliphatic heterocycles. The molecule has 0 spiro atoms. The Morgan fingerprint density at radius 3 is 2.81 bits per heavy atom. The summed E-state index contributed by atoms with van der Waals surface area (Å²) in [6.07, 6.45) is 4.96. The first-order valence-corrected chi connectivity index (χ1v) is 10.1. The summed E-state index contributed by atoms with van der Waals surface area (Å²) in [5.41, 5.74) is 4.40. The summed E-state index contributed by atoms with van der Waals surface area (Å²) in [4.78, 5) is 17.0. The fraction of sp³-hybridized carbons (Fsp3) is 0.238. The minimum absolute atomic E-state index is 0.00552. The Kier molecular flexibility index (Phi) is 5.16. The van der Waals surface area contributed by atoms with Gasteiger partial charge in [0.25, 0.3) is 0 Å². The molecule has 1 amide bonds. The van der Waals surface area contributed by atoms with E-state index in [1.807, 2.05) is 36.4 Å².